The summed E-state index contributed by atoms with van der Waals surface area (Å²) < 4.78 is 12.8. The number of nitrogens with zero attached hydrogens (tertiary/aromatic N) is 2. The number of nitrogens with one attached hydrogen (secondary N) is 2. The maximum Gasteiger partial charge on any atom is 0.332 e. The molecule has 11 heteroatoms. The standard InChI is InChI=1S/C26H26N4O6S/c1-35-19-12-18(13-20(14-19)36-2)28-23(32)16-29-21-9-11-37-24(21)25(33)30(26(29)34)15-22(31)27-10-8-17-6-4-3-5-7-17/h3-7,9,11-14H,8,10,15-16H2,1-2H3,(H,27,31)(H,28,32). The zero-order valence-corrected chi connectivity index (χ0v) is 21.2. The van der Waals surface area contributed by atoms with Crippen LogP contribution >= 0.6 is 11.3 Å². The Bertz CT molecular complexity index is 1520. The summed E-state index contributed by atoms with van der Waals surface area (Å²) >= 11 is 1.14. The lowest BCUT2D eigenvalue weighted by atomic mass is 10.1. The quantitative estimate of drug-likeness (QED) is 0.330. The van der Waals surface area contributed by atoms with Crippen LogP contribution in [0.3, 0.4) is 0 Å². The zero-order valence-electron chi connectivity index (χ0n) is 20.4. The monoisotopic (exact) mass is 522 g/mol. The van der Waals surface area contributed by atoms with Crippen LogP contribution in [0.5, 0.6) is 11.5 Å². The average molecular weight is 523 g/mol. The summed E-state index contributed by atoms with van der Waals surface area (Å²) in [4.78, 5) is 51.7. The molecule has 0 aliphatic heterocycles. The van der Waals surface area contributed by atoms with Gasteiger partial charge in [-0.05, 0) is 23.4 Å². The first kappa shape index (κ1) is 25.7. The predicted octanol–water partition coefficient (Wildman–Crippen LogP) is 2.24. The second-order valence-corrected chi connectivity index (χ2v) is 9.05. The van der Waals surface area contributed by atoms with E-state index in [1.54, 1.807) is 29.6 Å². The van der Waals surface area contributed by atoms with Crippen LogP contribution < -0.4 is 31.4 Å². The van der Waals surface area contributed by atoms with E-state index < -0.39 is 29.6 Å². The number of fused-ring (bicyclic) bond motifs is 1. The maximum atomic E-state index is 13.3. The third kappa shape index (κ3) is 6.07. The number of carbonyl (C=O) groups is 2. The molecule has 0 aliphatic carbocycles. The van der Waals surface area contributed by atoms with E-state index in [1.807, 2.05) is 30.3 Å². The van der Waals surface area contributed by atoms with Gasteiger partial charge in [-0.15, -0.1) is 11.3 Å². The number of aromatic nitrogens is 2. The van der Waals surface area contributed by atoms with Crippen molar-refractivity contribution < 1.29 is 19.1 Å². The Morgan fingerprint density at radius 1 is 0.892 bits per heavy atom. The van der Waals surface area contributed by atoms with Crippen molar-refractivity contribution in [2.75, 3.05) is 26.1 Å². The van der Waals surface area contributed by atoms with Gasteiger partial charge in [0.25, 0.3) is 5.56 Å². The van der Waals surface area contributed by atoms with Crippen LogP contribution in [0.15, 0.2) is 69.6 Å². The van der Waals surface area contributed by atoms with E-state index in [2.05, 4.69) is 10.6 Å². The Hall–Kier alpha value is -4.38. The Kier molecular flexibility index (Phi) is 8.04. The highest BCUT2D eigenvalue weighted by molar-refractivity contribution is 7.17. The van der Waals surface area contributed by atoms with E-state index in [0.717, 1.165) is 21.5 Å². The number of hydrogen-bond acceptors (Lipinski definition) is 7. The summed E-state index contributed by atoms with van der Waals surface area (Å²) in [7, 11) is 2.99. The third-order valence-corrected chi connectivity index (χ3v) is 6.55. The Balaban J connectivity index is 1.53. The second-order valence-electron chi connectivity index (χ2n) is 8.13. The van der Waals surface area contributed by atoms with Crippen molar-refractivity contribution in [2.45, 2.75) is 19.5 Å². The Labute approximate surface area is 216 Å². The van der Waals surface area contributed by atoms with Crippen molar-refractivity contribution in [1.29, 1.82) is 0 Å². The van der Waals surface area contributed by atoms with Crippen LogP contribution in [-0.2, 0) is 29.1 Å². The molecule has 2 N–H and O–H groups in total. The van der Waals surface area contributed by atoms with Crippen LogP contribution in [-0.4, -0.2) is 41.7 Å². The lowest BCUT2D eigenvalue weighted by molar-refractivity contribution is -0.121. The summed E-state index contributed by atoms with van der Waals surface area (Å²) in [6.07, 6.45) is 0.616. The SMILES string of the molecule is COc1cc(NC(=O)Cn2c(=O)n(CC(=O)NCCc3ccccc3)c(=O)c3sccc32)cc(OC)c1. The number of carbonyl (C=O) groups excluding carboxylic acids is 2. The maximum absolute atomic E-state index is 13.3. The van der Waals surface area contributed by atoms with Crippen molar-refractivity contribution in [3.8, 4) is 11.5 Å². The number of hydrogen-bond donors (Lipinski definition) is 2. The first-order chi connectivity index (χ1) is 17.9. The number of benzene rings is 2. The molecule has 0 saturated heterocycles. The van der Waals surface area contributed by atoms with Gasteiger partial charge in [0.2, 0.25) is 11.8 Å². The van der Waals surface area contributed by atoms with E-state index in [4.69, 9.17) is 9.47 Å². The molecule has 0 fully saturated rings. The van der Waals surface area contributed by atoms with Gasteiger partial charge in [0.1, 0.15) is 29.3 Å². The van der Waals surface area contributed by atoms with Gasteiger partial charge in [0, 0.05) is 30.4 Å². The van der Waals surface area contributed by atoms with E-state index in [1.165, 1.54) is 18.8 Å². The normalized spacial score (nSPS) is 10.8. The fraction of sp³-hybridized carbons (Fsp3) is 0.231. The van der Waals surface area contributed by atoms with E-state index in [0.29, 0.717) is 35.7 Å². The number of methoxy groups -OCH3 is 2. The van der Waals surface area contributed by atoms with Crippen molar-refractivity contribution in [2.24, 2.45) is 0 Å². The average Bonchev–Trinajstić information content (AvgIpc) is 3.39. The van der Waals surface area contributed by atoms with Gasteiger partial charge in [-0.3, -0.25) is 19.0 Å². The van der Waals surface area contributed by atoms with Gasteiger partial charge in [-0.25, -0.2) is 9.36 Å². The minimum absolute atomic E-state index is 0.285. The lowest BCUT2D eigenvalue weighted by Gasteiger charge is -2.13. The van der Waals surface area contributed by atoms with E-state index in [9.17, 15) is 19.2 Å². The fourth-order valence-electron chi connectivity index (χ4n) is 3.84. The van der Waals surface area contributed by atoms with Crippen molar-refractivity contribution in [3.05, 3.63) is 86.4 Å². The smallest absolute Gasteiger partial charge is 0.332 e. The minimum atomic E-state index is -0.743. The summed E-state index contributed by atoms with van der Waals surface area (Å²) in [5.74, 6) is 0.00525. The summed E-state index contributed by atoms with van der Waals surface area (Å²) in [5, 5.41) is 7.13. The molecule has 2 aromatic heterocycles. The highest BCUT2D eigenvalue weighted by Gasteiger charge is 2.18. The van der Waals surface area contributed by atoms with Gasteiger partial charge in [0.05, 0.1) is 19.7 Å². The molecule has 4 aromatic rings. The molecular formula is C26H26N4O6S. The molecule has 0 bridgehead atoms. The molecule has 2 heterocycles. The van der Waals surface area contributed by atoms with Crippen molar-refractivity contribution in [3.63, 3.8) is 0 Å². The number of thiophene rings is 1. The summed E-state index contributed by atoms with van der Waals surface area (Å²) in [6.45, 7) is -0.448. The molecule has 37 heavy (non-hydrogen) atoms. The largest absolute Gasteiger partial charge is 0.497 e. The van der Waals surface area contributed by atoms with E-state index in [-0.39, 0.29) is 11.2 Å². The predicted molar refractivity (Wildman–Crippen MR) is 142 cm³/mol. The molecule has 0 unspecified atom stereocenters. The van der Waals surface area contributed by atoms with Gasteiger partial charge in [-0.1, -0.05) is 30.3 Å². The van der Waals surface area contributed by atoms with Crippen molar-refractivity contribution in [1.82, 2.24) is 14.5 Å². The molecular weight excluding hydrogens is 496 g/mol. The van der Waals surface area contributed by atoms with Crippen LogP contribution in [0.4, 0.5) is 5.69 Å². The van der Waals surface area contributed by atoms with Gasteiger partial charge < -0.3 is 20.1 Å². The molecule has 0 radical (unpaired) electrons. The number of rotatable bonds is 10. The number of anilines is 1. The molecule has 10 nitrogen and oxygen atoms in total. The summed E-state index contributed by atoms with van der Waals surface area (Å²) in [6, 6.07) is 16.1. The van der Waals surface area contributed by atoms with Gasteiger partial charge in [-0.2, -0.15) is 0 Å². The molecule has 2 amide bonds. The molecule has 4 rings (SSSR count). The van der Waals surface area contributed by atoms with Crippen LogP contribution in [0.2, 0.25) is 0 Å². The number of ether oxygens (including phenoxy) is 2. The van der Waals surface area contributed by atoms with Gasteiger partial charge in [0.15, 0.2) is 0 Å². The number of amides is 2. The third-order valence-electron chi connectivity index (χ3n) is 5.65. The highest BCUT2D eigenvalue weighted by Crippen LogP contribution is 2.25. The highest BCUT2D eigenvalue weighted by atomic mass is 32.1. The molecule has 192 valence electrons. The topological polar surface area (TPSA) is 121 Å². The Morgan fingerprint density at radius 2 is 1.57 bits per heavy atom. The van der Waals surface area contributed by atoms with Crippen LogP contribution in [0, 0.1) is 0 Å². The van der Waals surface area contributed by atoms with Crippen molar-refractivity contribution >= 4 is 39.1 Å². The van der Waals surface area contributed by atoms with Crippen LogP contribution in [0.1, 0.15) is 5.56 Å². The second kappa shape index (κ2) is 11.6. The first-order valence-electron chi connectivity index (χ1n) is 11.4. The summed E-state index contributed by atoms with van der Waals surface area (Å²) in [5.41, 5.74) is 0.498. The molecule has 2 aromatic carbocycles. The fourth-order valence-corrected chi connectivity index (χ4v) is 4.68. The molecule has 0 saturated carbocycles. The van der Waals surface area contributed by atoms with Crippen LogP contribution in [0.25, 0.3) is 10.2 Å². The first-order valence-corrected chi connectivity index (χ1v) is 12.3. The minimum Gasteiger partial charge on any atom is -0.497 e. The molecule has 0 aliphatic rings. The van der Waals surface area contributed by atoms with E-state index >= 15 is 0 Å². The lowest BCUT2D eigenvalue weighted by Crippen LogP contribution is -2.44. The zero-order chi connectivity index (χ0) is 26.4. The molecule has 0 atom stereocenters. The Morgan fingerprint density at radius 3 is 2.24 bits per heavy atom. The van der Waals surface area contributed by atoms with Gasteiger partial charge >= 0.3 is 5.69 Å². The molecule has 0 spiro atoms.